The predicted molar refractivity (Wildman–Crippen MR) is 86.2 cm³/mol. The molecule has 0 aliphatic heterocycles. The maximum Gasteiger partial charge on any atom is 0.256 e. The van der Waals surface area contributed by atoms with Gasteiger partial charge < -0.3 is 5.32 Å². The third-order valence-electron chi connectivity index (χ3n) is 3.31. The minimum atomic E-state index is -0.253. The average molecular weight is 313 g/mol. The topological polar surface area (TPSA) is 67.8 Å². The number of benzene rings is 1. The first-order valence-electron chi connectivity index (χ1n) is 6.71. The van der Waals surface area contributed by atoms with E-state index in [1.165, 1.54) is 6.20 Å². The lowest BCUT2D eigenvalue weighted by molar-refractivity contribution is 0.102. The van der Waals surface area contributed by atoms with Crippen molar-refractivity contribution in [3.63, 3.8) is 0 Å². The highest BCUT2D eigenvalue weighted by Crippen LogP contribution is 2.16. The molecule has 2 aromatic heterocycles. The highest BCUT2D eigenvalue weighted by Gasteiger charge is 2.09. The molecule has 0 unspecified atom stereocenters. The number of hydrogen-bond donors (Lipinski definition) is 1. The standard InChI is InChI=1S/C16H13ClN4O/c1-9-10(2)20-14-7-11(3-5-13(14)19-9)16(22)21-15-6-4-12(17)8-18-15/h3-8H,1-2H3,(H,18,21,22). The first-order chi connectivity index (χ1) is 10.5. The molecular formula is C16H13ClN4O. The van der Waals surface area contributed by atoms with E-state index in [9.17, 15) is 4.79 Å². The van der Waals surface area contributed by atoms with Gasteiger partial charge in [-0.2, -0.15) is 0 Å². The van der Waals surface area contributed by atoms with Crippen molar-refractivity contribution in [1.29, 1.82) is 0 Å². The molecule has 0 aliphatic carbocycles. The minimum Gasteiger partial charge on any atom is -0.307 e. The Bertz CT molecular complexity index is 862. The Morgan fingerprint density at radius 2 is 1.77 bits per heavy atom. The number of nitrogens with one attached hydrogen (secondary N) is 1. The normalized spacial score (nSPS) is 10.7. The Hall–Kier alpha value is -2.53. The van der Waals surface area contributed by atoms with Crippen LogP contribution in [0.1, 0.15) is 21.7 Å². The molecule has 1 aromatic carbocycles. The Morgan fingerprint density at radius 1 is 1.05 bits per heavy atom. The molecule has 110 valence electrons. The van der Waals surface area contributed by atoms with E-state index < -0.39 is 0 Å². The molecule has 0 saturated carbocycles. The number of hydrogen-bond acceptors (Lipinski definition) is 4. The summed E-state index contributed by atoms with van der Waals surface area (Å²) >= 11 is 5.77. The second-order valence-corrected chi connectivity index (χ2v) is 5.35. The summed E-state index contributed by atoms with van der Waals surface area (Å²) in [6, 6.07) is 8.55. The monoisotopic (exact) mass is 312 g/mol. The Balaban J connectivity index is 1.90. The van der Waals surface area contributed by atoms with E-state index in [2.05, 4.69) is 20.3 Å². The van der Waals surface area contributed by atoms with Crippen LogP contribution in [-0.4, -0.2) is 20.9 Å². The number of carbonyl (C=O) groups is 1. The van der Waals surface area contributed by atoms with Gasteiger partial charge in [0, 0.05) is 11.8 Å². The zero-order chi connectivity index (χ0) is 15.7. The van der Waals surface area contributed by atoms with Crippen molar-refractivity contribution in [3.05, 3.63) is 58.5 Å². The third-order valence-corrected chi connectivity index (χ3v) is 3.53. The number of carbonyl (C=O) groups excluding carboxylic acids is 1. The summed E-state index contributed by atoms with van der Waals surface area (Å²) in [5.41, 5.74) is 3.70. The highest BCUT2D eigenvalue weighted by molar-refractivity contribution is 6.30. The maximum atomic E-state index is 12.3. The van der Waals surface area contributed by atoms with Gasteiger partial charge in [-0.15, -0.1) is 0 Å². The van der Waals surface area contributed by atoms with E-state index in [-0.39, 0.29) is 5.91 Å². The van der Waals surface area contributed by atoms with Gasteiger partial charge in [0.25, 0.3) is 5.91 Å². The minimum absolute atomic E-state index is 0.253. The maximum absolute atomic E-state index is 12.3. The van der Waals surface area contributed by atoms with Gasteiger partial charge in [-0.1, -0.05) is 11.6 Å². The summed E-state index contributed by atoms with van der Waals surface area (Å²) in [6.45, 7) is 3.81. The summed E-state index contributed by atoms with van der Waals surface area (Å²) < 4.78 is 0. The fourth-order valence-electron chi connectivity index (χ4n) is 2.01. The largest absolute Gasteiger partial charge is 0.307 e. The summed E-state index contributed by atoms with van der Waals surface area (Å²) in [7, 11) is 0. The molecule has 1 amide bonds. The van der Waals surface area contributed by atoms with Gasteiger partial charge in [0.1, 0.15) is 5.82 Å². The lowest BCUT2D eigenvalue weighted by atomic mass is 10.1. The lowest BCUT2D eigenvalue weighted by Gasteiger charge is -2.06. The molecule has 0 bridgehead atoms. The van der Waals surface area contributed by atoms with Gasteiger partial charge in [-0.05, 0) is 44.2 Å². The molecule has 22 heavy (non-hydrogen) atoms. The summed E-state index contributed by atoms with van der Waals surface area (Å²) in [4.78, 5) is 25.2. The van der Waals surface area contributed by atoms with E-state index in [1.807, 2.05) is 13.8 Å². The van der Waals surface area contributed by atoms with E-state index >= 15 is 0 Å². The van der Waals surface area contributed by atoms with Crippen LogP contribution in [0.25, 0.3) is 11.0 Å². The molecule has 0 saturated heterocycles. The number of halogens is 1. The number of aromatic nitrogens is 3. The molecule has 0 spiro atoms. The smallest absolute Gasteiger partial charge is 0.256 e. The molecule has 0 fully saturated rings. The first-order valence-corrected chi connectivity index (χ1v) is 7.08. The molecule has 2 heterocycles. The first kappa shape index (κ1) is 14.4. The van der Waals surface area contributed by atoms with Crippen LogP contribution in [0, 0.1) is 13.8 Å². The Morgan fingerprint density at radius 3 is 2.45 bits per heavy atom. The summed E-state index contributed by atoms with van der Waals surface area (Å²) in [5, 5.41) is 3.24. The van der Waals surface area contributed by atoms with Crippen molar-refractivity contribution < 1.29 is 4.79 Å². The molecular weight excluding hydrogens is 300 g/mol. The van der Waals surface area contributed by atoms with Gasteiger partial charge in [-0.3, -0.25) is 4.79 Å². The number of rotatable bonds is 2. The molecule has 5 nitrogen and oxygen atoms in total. The van der Waals surface area contributed by atoms with Crippen molar-refractivity contribution in [2.75, 3.05) is 5.32 Å². The lowest BCUT2D eigenvalue weighted by Crippen LogP contribution is -2.13. The van der Waals surface area contributed by atoms with Crippen molar-refractivity contribution in [2.24, 2.45) is 0 Å². The van der Waals surface area contributed by atoms with Gasteiger partial charge >= 0.3 is 0 Å². The fourth-order valence-corrected chi connectivity index (χ4v) is 2.12. The van der Waals surface area contributed by atoms with Gasteiger partial charge in [0.2, 0.25) is 0 Å². The van der Waals surface area contributed by atoms with Gasteiger partial charge in [0.15, 0.2) is 0 Å². The highest BCUT2D eigenvalue weighted by atomic mass is 35.5. The van der Waals surface area contributed by atoms with E-state index in [4.69, 9.17) is 11.6 Å². The number of anilines is 1. The van der Waals surface area contributed by atoms with Crippen LogP contribution in [0.4, 0.5) is 5.82 Å². The number of pyridine rings is 1. The molecule has 3 aromatic rings. The second kappa shape index (κ2) is 5.69. The fraction of sp³-hybridized carbons (Fsp3) is 0.125. The van der Waals surface area contributed by atoms with Crippen LogP contribution < -0.4 is 5.32 Å². The number of aryl methyl sites for hydroxylation is 2. The molecule has 0 aliphatic rings. The molecule has 3 rings (SSSR count). The van der Waals surface area contributed by atoms with Gasteiger partial charge in [0.05, 0.1) is 27.4 Å². The van der Waals surface area contributed by atoms with Crippen molar-refractivity contribution in [1.82, 2.24) is 15.0 Å². The van der Waals surface area contributed by atoms with E-state index in [0.29, 0.717) is 21.9 Å². The third kappa shape index (κ3) is 2.89. The van der Waals surface area contributed by atoms with Crippen molar-refractivity contribution in [3.8, 4) is 0 Å². The van der Waals surface area contributed by atoms with Crippen LogP contribution in [0.15, 0.2) is 36.5 Å². The number of amides is 1. The van der Waals surface area contributed by atoms with Crippen LogP contribution in [-0.2, 0) is 0 Å². The zero-order valence-corrected chi connectivity index (χ0v) is 12.8. The van der Waals surface area contributed by atoms with Crippen LogP contribution in [0.2, 0.25) is 5.02 Å². The Kier molecular flexibility index (Phi) is 3.73. The second-order valence-electron chi connectivity index (χ2n) is 4.91. The summed E-state index contributed by atoms with van der Waals surface area (Å²) in [6.07, 6.45) is 1.48. The average Bonchev–Trinajstić information content (AvgIpc) is 2.50. The van der Waals surface area contributed by atoms with Crippen molar-refractivity contribution >= 4 is 34.4 Å². The van der Waals surface area contributed by atoms with Crippen LogP contribution in [0.5, 0.6) is 0 Å². The van der Waals surface area contributed by atoms with Crippen LogP contribution in [0.3, 0.4) is 0 Å². The molecule has 0 radical (unpaired) electrons. The molecule has 6 heteroatoms. The summed E-state index contributed by atoms with van der Waals surface area (Å²) in [5.74, 6) is 0.192. The van der Waals surface area contributed by atoms with Crippen LogP contribution >= 0.6 is 11.6 Å². The van der Waals surface area contributed by atoms with E-state index in [1.54, 1.807) is 30.3 Å². The quantitative estimate of drug-likeness (QED) is 0.785. The zero-order valence-electron chi connectivity index (χ0n) is 12.1. The SMILES string of the molecule is Cc1nc2ccc(C(=O)Nc3ccc(Cl)cn3)cc2nc1C. The molecule has 1 N–H and O–H groups in total. The van der Waals surface area contributed by atoms with E-state index in [0.717, 1.165) is 16.9 Å². The predicted octanol–water partition coefficient (Wildman–Crippen LogP) is 3.55. The number of fused-ring (bicyclic) bond motifs is 1. The Labute approximate surface area is 132 Å². The van der Waals surface area contributed by atoms with Crippen molar-refractivity contribution in [2.45, 2.75) is 13.8 Å². The van der Waals surface area contributed by atoms with Gasteiger partial charge in [-0.25, -0.2) is 15.0 Å². The number of nitrogens with zero attached hydrogens (tertiary/aromatic N) is 3. The molecule has 0 atom stereocenters.